The summed E-state index contributed by atoms with van der Waals surface area (Å²) >= 11 is 7.46. The van der Waals surface area contributed by atoms with Crippen molar-refractivity contribution in [3.63, 3.8) is 0 Å². The monoisotopic (exact) mass is 328 g/mol. The maximum absolute atomic E-state index is 11.4. The zero-order chi connectivity index (χ0) is 14.9. The number of aromatic nitrogens is 2. The maximum Gasteiger partial charge on any atom is 0.175 e. The average Bonchev–Trinajstić information content (AvgIpc) is 2.35. The summed E-state index contributed by atoms with van der Waals surface area (Å²) in [7, 11) is -3.17. The molecule has 2 rings (SSSR count). The molecule has 0 aliphatic heterocycles. The fourth-order valence-electron chi connectivity index (χ4n) is 1.54. The van der Waals surface area contributed by atoms with E-state index >= 15 is 0 Å². The van der Waals surface area contributed by atoms with Crippen molar-refractivity contribution in [1.29, 1.82) is 0 Å². The largest absolute Gasteiger partial charge is 0.226 e. The van der Waals surface area contributed by atoms with Crippen LogP contribution in [0, 0.1) is 13.8 Å². The quantitative estimate of drug-likeness (QED) is 0.809. The van der Waals surface area contributed by atoms with Gasteiger partial charge in [-0.25, -0.2) is 18.4 Å². The predicted molar refractivity (Wildman–Crippen MR) is 80.2 cm³/mol. The standard InChI is InChI=1S/C13H13ClN2O2S2/c1-8-12(14)15-9(2)16-13(8)19-10-4-6-11(7-5-10)20(3,17)18/h4-7H,1-3H3. The number of rotatable bonds is 3. The Morgan fingerprint density at radius 3 is 2.25 bits per heavy atom. The first kappa shape index (κ1) is 15.3. The second-order valence-electron chi connectivity index (χ2n) is 4.34. The van der Waals surface area contributed by atoms with Crippen molar-refractivity contribution in [2.75, 3.05) is 6.26 Å². The first-order valence-corrected chi connectivity index (χ1v) is 8.84. The van der Waals surface area contributed by atoms with Gasteiger partial charge >= 0.3 is 0 Å². The lowest BCUT2D eigenvalue weighted by Crippen LogP contribution is -1.97. The number of aryl methyl sites for hydroxylation is 1. The van der Waals surface area contributed by atoms with Crippen LogP contribution in [0.15, 0.2) is 39.1 Å². The molecule has 4 nitrogen and oxygen atoms in total. The first-order valence-electron chi connectivity index (χ1n) is 5.76. The van der Waals surface area contributed by atoms with Crippen LogP contribution in [-0.2, 0) is 9.84 Å². The van der Waals surface area contributed by atoms with E-state index in [4.69, 9.17) is 11.6 Å². The fraction of sp³-hybridized carbons (Fsp3) is 0.231. The number of sulfone groups is 1. The highest BCUT2D eigenvalue weighted by Crippen LogP contribution is 2.31. The molecule has 0 N–H and O–H groups in total. The van der Waals surface area contributed by atoms with E-state index in [1.165, 1.54) is 18.0 Å². The molecule has 1 heterocycles. The van der Waals surface area contributed by atoms with Crippen LogP contribution in [0.2, 0.25) is 5.15 Å². The highest BCUT2D eigenvalue weighted by Gasteiger charge is 2.10. The van der Waals surface area contributed by atoms with Gasteiger partial charge in [0, 0.05) is 16.7 Å². The Bertz CT molecular complexity index is 744. The Morgan fingerprint density at radius 2 is 1.70 bits per heavy atom. The zero-order valence-electron chi connectivity index (χ0n) is 11.2. The lowest BCUT2D eigenvalue weighted by atomic mass is 10.4. The number of benzene rings is 1. The molecule has 2 aromatic rings. The highest BCUT2D eigenvalue weighted by molar-refractivity contribution is 7.99. The lowest BCUT2D eigenvalue weighted by molar-refractivity contribution is 0.602. The molecule has 0 saturated heterocycles. The Balaban J connectivity index is 2.32. The summed E-state index contributed by atoms with van der Waals surface area (Å²) < 4.78 is 22.8. The van der Waals surface area contributed by atoms with Crippen molar-refractivity contribution in [3.05, 3.63) is 40.8 Å². The smallest absolute Gasteiger partial charge is 0.175 e. The van der Waals surface area contributed by atoms with Gasteiger partial charge in [-0.3, -0.25) is 0 Å². The van der Waals surface area contributed by atoms with Gasteiger partial charge in [0.25, 0.3) is 0 Å². The van der Waals surface area contributed by atoms with Crippen molar-refractivity contribution in [2.24, 2.45) is 0 Å². The van der Waals surface area contributed by atoms with E-state index in [1.807, 2.05) is 6.92 Å². The SMILES string of the molecule is Cc1nc(Cl)c(C)c(Sc2ccc(S(C)(=O)=O)cc2)n1. The first-order chi connectivity index (χ1) is 9.27. The average molecular weight is 329 g/mol. The fourth-order valence-corrected chi connectivity index (χ4v) is 3.36. The third-order valence-electron chi connectivity index (χ3n) is 2.62. The molecule has 0 atom stereocenters. The predicted octanol–water partition coefficient (Wildman–Crippen LogP) is 3.30. The van der Waals surface area contributed by atoms with Crippen LogP contribution in [-0.4, -0.2) is 24.6 Å². The van der Waals surface area contributed by atoms with Gasteiger partial charge in [0.05, 0.1) is 4.90 Å². The number of hydrogen-bond donors (Lipinski definition) is 0. The minimum Gasteiger partial charge on any atom is -0.226 e. The number of hydrogen-bond acceptors (Lipinski definition) is 5. The summed E-state index contributed by atoms with van der Waals surface area (Å²) in [6.45, 7) is 3.64. The Morgan fingerprint density at radius 1 is 1.10 bits per heavy atom. The van der Waals surface area contributed by atoms with E-state index in [2.05, 4.69) is 9.97 Å². The van der Waals surface area contributed by atoms with E-state index < -0.39 is 9.84 Å². The van der Waals surface area contributed by atoms with E-state index in [9.17, 15) is 8.42 Å². The molecular formula is C13H13ClN2O2S2. The molecule has 1 aromatic carbocycles. The van der Waals surface area contributed by atoms with Crippen molar-refractivity contribution >= 4 is 33.2 Å². The van der Waals surface area contributed by atoms with Gasteiger partial charge in [-0.05, 0) is 38.1 Å². The molecule has 0 radical (unpaired) electrons. The van der Waals surface area contributed by atoms with Crippen LogP contribution in [0.4, 0.5) is 0 Å². The molecular weight excluding hydrogens is 316 g/mol. The van der Waals surface area contributed by atoms with Crippen molar-refractivity contribution < 1.29 is 8.42 Å². The lowest BCUT2D eigenvalue weighted by Gasteiger charge is -2.07. The van der Waals surface area contributed by atoms with Crippen LogP contribution in [0.25, 0.3) is 0 Å². The van der Waals surface area contributed by atoms with Gasteiger partial charge in [0.15, 0.2) is 9.84 Å². The molecule has 0 fully saturated rings. The molecule has 106 valence electrons. The van der Waals surface area contributed by atoms with Crippen LogP contribution < -0.4 is 0 Å². The van der Waals surface area contributed by atoms with E-state index in [0.717, 1.165) is 15.5 Å². The summed E-state index contributed by atoms with van der Waals surface area (Å²) in [6.07, 6.45) is 1.19. The minimum atomic E-state index is -3.17. The van der Waals surface area contributed by atoms with Crippen molar-refractivity contribution in [1.82, 2.24) is 9.97 Å². The number of halogens is 1. The summed E-state index contributed by atoms with van der Waals surface area (Å²) in [4.78, 5) is 9.63. The molecule has 7 heteroatoms. The number of nitrogens with zero attached hydrogens (tertiary/aromatic N) is 2. The van der Waals surface area contributed by atoms with E-state index in [0.29, 0.717) is 15.9 Å². The summed E-state index contributed by atoms with van der Waals surface area (Å²) in [6, 6.07) is 6.68. The summed E-state index contributed by atoms with van der Waals surface area (Å²) in [5.41, 5.74) is 0.814. The van der Waals surface area contributed by atoms with Gasteiger partial charge < -0.3 is 0 Å². The molecule has 0 aliphatic carbocycles. The summed E-state index contributed by atoms with van der Waals surface area (Å²) in [5.74, 6) is 0.607. The van der Waals surface area contributed by atoms with Gasteiger partial charge in [0.1, 0.15) is 16.0 Å². The summed E-state index contributed by atoms with van der Waals surface area (Å²) in [5, 5.41) is 1.21. The molecule has 1 aromatic heterocycles. The zero-order valence-corrected chi connectivity index (χ0v) is 13.6. The Hall–Kier alpha value is -1.11. The molecule has 0 spiro atoms. The molecule has 0 saturated carbocycles. The van der Waals surface area contributed by atoms with Crippen LogP contribution in [0.5, 0.6) is 0 Å². The maximum atomic E-state index is 11.4. The molecule has 0 unspecified atom stereocenters. The van der Waals surface area contributed by atoms with Crippen LogP contribution in [0.1, 0.15) is 11.4 Å². The Kier molecular flexibility index (Phi) is 4.36. The third-order valence-corrected chi connectivity index (χ3v) is 5.22. The molecule has 0 bridgehead atoms. The van der Waals surface area contributed by atoms with Crippen LogP contribution in [0.3, 0.4) is 0 Å². The third kappa shape index (κ3) is 3.50. The Labute approximate surface area is 127 Å². The van der Waals surface area contributed by atoms with Gasteiger partial charge in [0.2, 0.25) is 0 Å². The van der Waals surface area contributed by atoms with Gasteiger partial charge in [-0.15, -0.1) is 0 Å². The minimum absolute atomic E-state index is 0.301. The van der Waals surface area contributed by atoms with E-state index in [1.54, 1.807) is 31.2 Å². The van der Waals surface area contributed by atoms with Gasteiger partial charge in [-0.1, -0.05) is 23.4 Å². The van der Waals surface area contributed by atoms with Gasteiger partial charge in [-0.2, -0.15) is 0 Å². The second kappa shape index (κ2) is 5.71. The highest BCUT2D eigenvalue weighted by atomic mass is 35.5. The topological polar surface area (TPSA) is 59.9 Å². The molecule has 0 amide bonds. The van der Waals surface area contributed by atoms with E-state index in [-0.39, 0.29) is 0 Å². The normalized spacial score (nSPS) is 11.6. The molecule has 20 heavy (non-hydrogen) atoms. The van der Waals surface area contributed by atoms with Crippen molar-refractivity contribution in [3.8, 4) is 0 Å². The second-order valence-corrected chi connectivity index (χ2v) is 7.77. The molecule has 0 aliphatic rings. The van der Waals surface area contributed by atoms with Crippen LogP contribution >= 0.6 is 23.4 Å². The van der Waals surface area contributed by atoms with Crippen molar-refractivity contribution in [2.45, 2.75) is 28.7 Å².